The van der Waals surface area contributed by atoms with Crippen LogP contribution in [0.25, 0.3) is 5.65 Å². The second-order valence-corrected chi connectivity index (χ2v) is 6.73. The molecule has 0 saturated carbocycles. The molecular weight excluding hydrogens is 296 g/mol. The van der Waals surface area contributed by atoms with Crippen molar-refractivity contribution in [2.45, 2.75) is 32.2 Å². The number of carbonyl (C=O) groups excluding carboxylic acids is 1. The molecule has 0 aliphatic heterocycles. The Bertz CT molecular complexity index is 829. The Balaban J connectivity index is 1.55. The summed E-state index contributed by atoms with van der Waals surface area (Å²) in [4.78, 5) is 14.6. The van der Waals surface area contributed by atoms with Gasteiger partial charge < -0.3 is 5.32 Å². The second kappa shape index (κ2) is 5.21. The van der Waals surface area contributed by atoms with Gasteiger partial charge >= 0.3 is 0 Å². The number of aryl methyl sites for hydroxylation is 2. The number of hydrogen-bond donors (Lipinski definition) is 1. The zero-order chi connectivity index (χ0) is 15.1. The molecule has 6 heteroatoms. The minimum Gasteiger partial charge on any atom is -0.342 e. The van der Waals surface area contributed by atoms with Gasteiger partial charge in [0.2, 0.25) is 0 Å². The van der Waals surface area contributed by atoms with E-state index in [0.29, 0.717) is 0 Å². The lowest BCUT2D eigenvalue weighted by Crippen LogP contribution is -2.27. The largest absolute Gasteiger partial charge is 0.342 e. The summed E-state index contributed by atoms with van der Waals surface area (Å²) in [5, 5.41) is 11.3. The number of aromatic nitrogens is 3. The van der Waals surface area contributed by atoms with E-state index in [1.165, 1.54) is 16.9 Å². The van der Waals surface area contributed by atoms with Gasteiger partial charge in [-0.05, 0) is 49.9 Å². The zero-order valence-electron chi connectivity index (χ0n) is 12.2. The van der Waals surface area contributed by atoms with E-state index in [4.69, 9.17) is 0 Å². The summed E-state index contributed by atoms with van der Waals surface area (Å²) in [6.07, 6.45) is 5.33. The summed E-state index contributed by atoms with van der Waals surface area (Å²) in [6, 6.07) is 7.59. The van der Waals surface area contributed by atoms with Gasteiger partial charge in [-0.15, -0.1) is 21.5 Å². The number of thiophene rings is 1. The third kappa shape index (κ3) is 2.20. The van der Waals surface area contributed by atoms with E-state index in [2.05, 4.69) is 15.5 Å². The van der Waals surface area contributed by atoms with Crippen LogP contribution in [-0.2, 0) is 12.8 Å². The summed E-state index contributed by atoms with van der Waals surface area (Å²) in [6.45, 7) is 1.93. The highest BCUT2D eigenvalue weighted by Gasteiger charge is 2.21. The molecule has 1 atom stereocenters. The predicted molar refractivity (Wildman–Crippen MR) is 85.2 cm³/mol. The van der Waals surface area contributed by atoms with Gasteiger partial charge in [0.15, 0.2) is 11.5 Å². The van der Waals surface area contributed by atoms with E-state index < -0.39 is 0 Å². The SMILES string of the molecule is C[C@@H](NC(=O)c1cc2c(s1)CCC2)c1nnc2ccccn12. The van der Waals surface area contributed by atoms with Crippen LogP contribution in [-0.4, -0.2) is 20.5 Å². The number of fused-ring (bicyclic) bond motifs is 2. The molecule has 1 aliphatic rings. The minimum atomic E-state index is -0.193. The molecule has 1 amide bonds. The van der Waals surface area contributed by atoms with E-state index >= 15 is 0 Å². The van der Waals surface area contributed by atoms with Gasteiger partial charge in [-0.2, -0.15) is 0 Å². The van der Waals surface area contributed by atoms with Crippen molar-refractivity contribution in [1.29, 1.82) is 0 Å². The number of nitrogens with zero attached hydrogens (tertiary/aromatic N) is 3. The van der Waals surface area contributed by atoms with Crippen molar-refractivity contribution in [1.82, 2.24) is 19.9 Å². The normalized spacial score (nSPS) is 15.0. The summed E-state index contributed by atoms with van der Waals surface area (Å²) in [7, 11) is 0. The topological polar surface area (TPSA) is 59.3 Å². The highest BCUT2D eigenvalue weighted by molar-refractivity contribution is 7.14. The molecule has 0 unspecified atom stereocenters. The van der Waals surface area contributed by atoms with Crippen LogP contribution in [0.1, 0.15) is 45.3 Å². The Hall–Kier alpha value is -2.21. The molecule has 4 rings (SSSR count). The van der Waals surface area contributed by atoms with Crippen LogP contribution in [0.2, 0.25) is 0 Å². The van der Waals surface area contributed by atoms with Crippen molar-refractivity contribution in [3.63, 3.8) is 0 Å². The lowest BCUT2D eigenvalue weighted by molar-refractivity contribution is 0.0942. The molecule has 5 nitrogen and oxygen atoms in total. The summed E-state index contributed by atoms with van der Waals surface area (Å²) in [5.74, 6) is 0.715. The highest BCUT2D eigenvalue weighted by atomic mass is 32.1. The smallest absolute Gasteiger partial charge is 0.261 e. The molecule has 0 bridgehead atoms. The number of nitrogens with one attached hydrogen (secondary N) is 1. The van der Waals surface area contributed by atoms with Gasteiger partial charge in [0, 0.05) is 11.1 Å². The number of rotatable bonds is 3. The Morgan fingerprint density at radius 3 is 3.14 bits per heavy atom. The second-order valence-electron chi connectivity index (χ2n) is 5.59. The van der Waals surface area contributed by atoms with E-state index in [9.17, 15) is 4.79 Å². The average Bonchev–Trinajstić information content (AvgIpc) is 3.20. The fourth-order valence-electron chi connectivity index (χ4n) is 2.93. The van der Waals surface area contributed by atoms with Gasteiger partial charge in [0.05, 0.1) is 10.9 Å². The molecule has 3 aromatic heterocycles. The first-order valence-corrected chi connectivity index (χ1v) is 8.26. The van der Waals surface area contributed by atoms with Crippen molar-refractivity contribution in [2.75, 3.05) is 0 Å². The van der Waals surface area contributed by atoms with Gasteiger partial charge in [-0.1, -0.05) is 6.07 Å². The van der Waals surface area contributed by atoms with Crippen molar-refractivity contribution in [3.05, 3.63) is 51.6 Å². The summed E-state index contributed by atoms with van der Waals surface area (Å²) < 4.78 is 1.90. The molecule has 0 aromatic carbocycles. The van der Waals surface area contributed by atoms with Crippen LogP contribution >= 0.6 is 11.3 Å². The number of amides is 1. The van der Waals surface area contributed by atoms with E-state index in [0.717, 1.165) is 29.2 Å². The van der Waals surface area contributed by atoms with Crippen LogP contribution in [0, 0.1) is 0 Å². The maximum absolute atomic E-state index is 12.4. The number of pyridine rings is 1. The lowest BCUT2D eigenvalue weighted by atomic mass is 10.2. The number of hydrogen-bond acceptors (Lipinski definition) is 4. The van der Waals surface area contributed by atoms with Crippen LogP contribution in [0.15, 0.2) is 30.5 Å². The fourth-order valence-corrected chi connectivity index (χ4v) is 4.09. The van der Waals surface area contributed by atoms with E-state index in [1.807, 2.05) is 41.8 Å². The van der Waals surface area contributed by atoms with Crippen molar-refractivity contribution >= 4 is 22.9 Å². The molecular formula is C16H16N4OS. The molecule has 0 saturated heterocycles. The molecule has 3 heterocycles. The van der Waals surface area contributed by atoms with Crippen molar-refractivity contribution in [3.8, 4) is 0 Å². The Labute approximate surface area is 132 Å². The molecule has 22 heavy (non-hydrogen) atoms. The maximum atomic E-state index is 12.4. The first-order chi connectivity index (χ1) is 10.7. The quantitative estimate of drug-likeness (QED) is 0.809. The van der Waals surface area contributed by atoms with E-state index in [-0.39, 0.29) is 11.9 Å². The summed E-state index contributed by atoms with van der Waals surface area (Å²) >= 11 is 1.62. The average molecular weight is 312 g/mol. The Kier molecular flexibility index (Phi) is 3.18. The predicted octanol–water partition coefficient (Wildman–Crippen LogP) is 2.77. The number of carbonyl (C=O) groups is 1. The van der Waals surface area contributed by atoms with Gasteiger partial charge in [-0.25, -0.2) is 0 Å². The summed E-state index contributed by atoms with van der Waals surface area (Å²) in [5.41, 5.74) is 2.13. The van der Waals surface area contributed by atoms with Crippen LogP contribution in [0.4, 0.5) is 0 Å². The fraction of sp³-hybridized carbons (Fsp3) is 0.312. The van der Waals surface area contributed by atoms with Crippen molar-refractivity contribution < 1.29 is 4.79 Å². The molecule has 1 aliphatic carbocycles. The van der Waals surface area contributed by atoms with Gasteiger partial charge in [-0.3, -0.25) is 9.20 Å². The lowest BCUT2D eigenvalue weighted by Gasteiger charge is -2.11. The molecule has 112 valence electrons. The molecule has 1 N–H and O–H groups in total. The molecule has 0 radical (unpaired) electrons. The first kappa shape index (κ1) is 13.5. The van der Waals surface area contributed by atoms with Crippen molar-refractivity contribution in [2.24, 2.45) is 0 Å². The van der Waals surface area contributed by atoms with Crippen LogP contribution in [0.5, 0.6) is 0 Å². The zero-order valence-corrected chi connectivity index (χ0v) is 13.1. The minimum absolute atomic E-state index is 0.0282. The monoisotopic (exact) mass is 312 g/mol. The molecule has 0 spiro atoms. The van der Waals surface area contributed by atoms with Crippen LogP contribution < -0.4 is 5.32 Å². The van der Waals surface area contributed by atoms with Crippen LogP contribution in [0.3, 0.4) is 0 Å². The third-order valence-corrected chi connectivity index (χ3v) is 5.28. The highest BCUT2D eigenvalue weighted by Crippen LogP contribution is 2.30. The standard InChI is InChI=1S/C16H16N4OS/c1-10(15-19-18-14-7-2-3-8-20(14)15)17-16(21)13-9-11-5-4-6-12(11)22-13/h2-3,7-10H,4-6H2,1H3,(H,17,21)/t10-/m1/s1. The Morgan fingerprint density at radius 2 is 2.27 bits per heavy atom. The molecule has 3 aromatic rings. The maximum Gasteiger partial charge on any atom is 0.261 e. The first-order valence-electron chi connectivity index (χ1n) is 7.44. The molecule has 0 fully saturated rings. The van der Waals surface area contributed by atoms with E-state index in [1.54, 1.807) is 11.3 Å². The van der Waals surface area contributed by atoms with Gasteiger partial charge in [0.25, 0.3) is 5.91 Å². The Morgan fingerprint density at radius 1 is 1.36 bits per heavy atom. The van der Waals surface area contributed by atoms with Gasteiger partial charge in [0.1, 0.15) is 0 Å². The third-order valence-electron chi connectivity index (χ3n) is 4.05.